The number of pyridine rings is 1. The third-order valence-electron chi connectivity index (χ3n) is 4.47. The first-order valence-electron chi connectivity index (χ1n) is 9.38. The average Bonchev–Trinajstić information content (AvgIpc) is 2.68. The first-order valence-corrected chi connectivity index (χ1v) is 9.38. The number of hydrogen-bond acceptors (Lipinski definition) is 3. The van der Waals surface area contributed by atoms with Gasteiger partial charge in [-0.2, -0.15) is 0 Å². The molecular formula is C21H31IN4O2. The Labute approximate surface area is 184 Å². The van der Waals surface area contributed by atoms with Gasteiger partial charge in [-0.3, -0.25) is 9.79 Å². The van der Waals surface area contributed by atoms with Gasteiger partial charge < -0.3 is 19.9 Å². The summed E-state index contributed by atoms with van der Waals surface area (Å²) in [6, 6.07) is 13.4. The quantitative estimate of drug-likeness (QED) is 0.242. The highest BCUT2D eigenvalue weighted by Crippen LogP contribution is 2.17. The second-order valence-corrected chi connectivity index (χ2v) is 6.35. The minimum absolute atomic E-state index is 0. The Morgan fingerprint density at radius 1 is 1.07 bits per heavy atom. The Morgan fingerprint density at radius 3 is 2.54 bits per heavy atom. The molecule has 1 aromatic carbocycles. The van der Waals surface area contributed by atoms with Gasteiger partial charge in [0.15, 0.2) is 5.96 Å². The zero-order valence-electron chi connectivity index (χ0n) is 16.9. The number of nitrogens with zero attached hydrogens (tertiary/aromatic N) is 2. The molecular weight excluding hydrogens is 467 g/mol. The molecule has 0 amide bonds. The van der Waals surface area contributed by atoms with Crippen LogP contribution in [0.2, 0.25) is 0 Å². The Bertz CT molecular complexity index is 805. The van der Waals surface area contributed by atoms with Crippen LogP contribution in [0, 0.1) is 6.92 Å². The predicted molar refractivity (Wildman–Crippen MR) is 126 cm³/mol. The van der Waals surface area contributed by atoms with Crippen LogP contribution in [0.4, 0.5) is 0 Å². The molecule has 0 radical (unpaired) electrons. The molecule has 6 nitrogen and oxygen atoms in total. The zero-order valence-corrected chi connectivity index (χ0v) is 19.2. The molecule has 0 aliphatic rings. The van der Waals surface area contributed by atoms with E-state index in [9.17, 15) is 4.79 Å². The van der Waals surface area contributed by atoms with Crippen LogP contribution >= 0.6 is 24.0 Å². The van der Waals surface area contributed by atoms with E-state index < -0.39 is 0 Å². The van der Waals surface area contributed by atoms with E-state index in [4.69, 9.17) is 4.74 Å². The van der Waals surface area contributed by atoms with Gasteiger partial charge in [-0.05, 0) is 43.9 Å². The number of nitrogens with one attached hydrogen (secondary N) is 2. The number of para-hydroxylation sites is 1. The number of rotatable bonds is 9. The van der Waals surface area contributed by atoms with Crippen molar-refractivity contribution in [3.05, 3.63) is 64.1 Å². The third-order valence-corrected chi connectivity index (χ3v) is 4.47. The number of guanidine groups is 1. The van der Waals surface area contributed by atoms with Crippen molar-refractivity contribution >= 4 is 29.9 Å². The summed E-state index contributed by atoms with van der Waals surface area (Å²) in [5.41, 5.74) is 2.24. The highest BCUT2D eigenvalue weighted by Gasteiger charge is 2.03. The van der Waals surface area contributed by atoms with Crippen molar-refractivity contribution in [3.8, 4) is 5.75 Å². The Balaban J connectivity index is 0.00000392. The van der Waals surface area contributed by atoms with Gasteiger partial charge in [0.05, 0.1) is 7.11 Å². The standard InChI is InChI=1S/C21H30N4O2.HI/c1-17-9-8-12-20(26)25(17)16-7-6-14-23-21(22-2)24-15-13-18-10-4-5-11-19(18)27-3;/h4-5,8-12H,6-7,13-16H2,1-3H3,(H2,22,23,24);1H. The maximum atomic E-state index is 11.8. The van der Waals surface area contributed by atoms with E-state index in [0.717, 1.165) is 56.3 Å². The molecule has 0 saturated carbocycles. The maximum Gasteiger partial charge on any atom is 0.250 e. The van der Waals surface area contributed by atoms with Crippen LogP contribution in [0.5, 0.6) is 5.75 Å². The summed E-state index contributed by atoms with van der Waals surface area (Å²) in [7, 11) is 3.46. The van der Waals surface area contributed by atoms with E-state index in [-0.39, 0.29) is 29.5 Å². The molecule has 2 aromatic rings. The largest absolute Gasteiger partial charge is 0.496 e. The van der Waals surface area contributed by atoms with Gasteiger partial charge in [0.2, 0.25) is 0 Å². The van der Waals surface area contributed by atoms with Gasteiger partial charge in [0.25, 0.3) is 5.56 Å². The van der Waals surface area contributed by atoms with Gasteiger partial charge in [0.1, 0.15) is 5.75 Å². The monoisotopic (exact) mass is 498 g/mol. The SMILES string of the molecule is CN=C(NCCCCn1c(C)cccc1=O)NCCc1ccccc1OC.I. The topological polar surface area (TPSA) is 67.7 Å². The number of aliphatic imine (C=N–C) groups is 1. The maximum absolute atomic E-state index is 11.8. The second kappa shape index (κ2) is 13.2. The van der Waals surface area contributed by atoms with Crippen LogP contribution in [0.15, 0.2) is 52.3 Å². The van der Waals surface area contributed by atoms with E-state index >= 15 is 0 Å². The minimum atomic E-state index is 0. The number of unbranched alkanes of at least 4 members (excludes halogenated alkanes) is 1. The van der Waals surface area contributed by atoms with Gasteiger partial charge in [-0.1, -0.05) is 24.3 Å². The molecule has 154 valence electrons. The highest BCUT2D eigenvalue weighted by atomic mass is 127. The molecule has 0 bridgehead atoms. The number of halogens is 1. The second-order valence-electron chi connectivity index (χ2n) is 6.35. The number of hydrogen-bond donors (Lipinski definition) is 2. The summed E-state index contributed by atoms with van der Waals surface area (Å²) in [6.45, 7) is 4.30. The van der Waals surface area contributed by atoms with Crippen molar-refractivity contribution in [2.75, 3.05) is 27.2 Å². The lowest BCUT2D eigenvalue weighted by atomic mass is 10.1. The molecule has 0 spiro atoms. The molecule has 2 rings (SSSR count). The van der Waals surface area contributed by atoms with Crippen LogP contribution in [-0.2, 0) is 13.0 Å². The molecule has 0 aliphatic heterocycles. The molecule has 2 N–H and O–H groups in total. The van der Waals surface area contributed by atoms with Gasteiger partial charge in [0, 0.05) is 38.4 Å². The van der Waals surface area contributed by atoms with Crippen LogP contribution in [0.1, 0.15) is 24.1 Å². The number of methoxy groups -OCH3 is 1. The Kier molecular flexibility index (Phi) is 11.3. The smallest absolute Gasteiger partial charge is 0.250 e. The Morgan fingerprint density at radius 2 is 1.82 bits per heavy atom. The first-order chi connectivity index (χ1) is 13.2. The van der Waals surface area contributed by atoms with Crippen molar-refractivity contribution < 1.29 is 4.74 Å². The van der Waals surface area contributed by atoms with Crippen LogP contribution < -0.4 is 20.9 Å². The van der Waals surface area contributed by atoms with Crippen molar-refractivity contribution in [3.63, 3.8) is 0 Å². The molecule has 0 unspecified atom stereocenters. The van der Waals surface area contributed by atoms with Gasteiger partial charge in [-0.15, -0.1) is 24.0 Å². The van der Waals surface area contributed by atoms with Crippen molar-refractivity contribution in [2.24, 2.45) is 4.99 Å². The molecule has 1 aromatic heterocycles. The van der Waals surface area contributed by atoms with Crippen molar-refractivity contribution in [1.82, 2.24) is 15.2 Å². The fraction of sp³-hybridized carbons (Fsp3) is 0.429. The highest BCUT2D eigenvalue weighted by molar-refractivity contribution is 14.0. The summed E-state index contributed by atoms with van der Waals surface area (Å²) in [5.74, 6) is 1.70. The van der Waals surface area contributed by atoms with Crippen LogP contribution in [0.25, 0.3) is 0 Å². The number of benzene rings is 1. The molecule has 0 saturated heterocycles. The van der Waals surface area contributed by atoms with Crippen LogP contribution in [-0.4, -0.2) is 37.8 Å². The molecule has 0 atom stereocenters. The summed E-state index contributed by atoms with van der Waals surface area (Å²) >= 11 is 0. The number of ether oxygens (including phenoxy) is 1. The van der Waals surface area contributed by atoms with Crippen molar-refractivity contribution in [1.29, 1.82) is 0 Å². The minimum Gasteiger partial charge on any atom is -0.496 e. The molecule has 1 heterocycles. The van der Waals surface area contributed by atoms with Crippen LogP contribution in [0.3, 0.4) is 0 Å². The van der Waals surface area contributed by atoms with Gasteiger partial charge >= 0.3 is 0 Å². The molecule has 7 heteroatoms. The summed E-state index contributed by atoms with van der Waals surface area (Å²) in [4.78, 5) is 16.1. The Hall–Kier alpha value is -2.03. The summed E-state index contributed by atoms with van der Waals surface area (Å²) in [6.07, 6.45) is 2.77. The van der Waals surface area contributed by atoms with E-state index in [0.29, 0.717) is 0 Å². The summed E-state index contributed by atoms with van der Waals surface area (Å²) < 4.78 is 7.20. The number of aromatic nitrogens is 1. The first kappa shape index (κ1) is 24.0. The van der Waals surface area contributed by atoms with E-state index in [2.05, 4.69) is 21.7 Å². The normalized spacial score (nSPS) is 10.9. The van der Waals surface area contributed by atoms with E-state index in [1.54, 1.807) is 26.3 Å². The lowest BCUT2D eigenvalue weighted by Crippen LogP contribution is -2.38. The lowest BCUT2D eigenvalue weighted by Gasteiger charge is -2.13. The van der Waals surface area contributed by atoms with E-state index in [1.165, 1.54) is 5.56 Å². The third kappa shape index (κ3) is 7.53. The van der Waals surface area contributed by atoms with Gasteiger partial charge in [-0.25, -0.2) is 0 Å². The lowest BCUT2D eigenvalue weighted by molar-refractivity contribution is 0.409. The molecule has 0 fully saturated rings. The average molecular weight is 498 g/mol. The summed E-state index contributed by atoms with van der Waals surface area (Å²) in [5, 5.41) is 6.64. The number of aryl methyl sites for hydroxylation is 1. The van der Waals surface area contributed by atoms with Crippen molar-refractivity contribution in [2.45, 2.75) is 32.7 Å². The molecule has 0 aliphatic carbocycles. The molecule has 28 heavy (non-hydrogen) atoms. The fourth-order valence-electron chi connectivity index (χ4n) is 2.96. The fourth-order valence-corrected chi connectivity index (χ4v) is 2.96. The zero-order chi connectivity index (χ0) is 19.5. The predicted octanol–water partition coefficient (Wildman–Crippen LogP) is 2.97. The van der Waals surface area contributed by atoms with E-state index in [1.807, 2.05) is 35.8 Å².